The molecule has 1 amide bonds. The Labute approximate surface area is 122 Å². The SMILES string of the molecule is O=C(O)CC1(CNC(=O)/C=C/c2ccccc2F)CCC1. The number of benzene rings is 1. The van der Waals surface area contributed by atoms with E-state index in [1.807, 2.05) is 0 Å². The third kappa shape index (κ3) is 4.15. The Morgan fingerprint density at radius 1 is 1.33 bits per heavy atom. The molecule has 1 aromatic carbocycles. The van der Waals surface area contributed by atoms with Gasteiger partial charge in [0, 0.05) is 18.2 Å². The topological polar surface area (TPSA) is 66.4 Å². The van der Waals surface area contributed by atoms with Crippen LogP contribution in [0.15, 0.2) is 30.3 Å². The van der Waals surface area contributed by atoms with Crippen LogP contribution in [0.3, 0.4) is 0 Å². The first-order chi connectivity index (χ1) is 10.0. The summed E-state index contributed by atoms with van der Waals surface area (Å²) >= 11 is 0. The fourth-order valence-corrected chi connectivity index (χ4v) is 2.52. The molecule has 0 saturated heterocycles. The first-order valence-electron chi connectivity index (χ1n) is 6.93. The molecule has 1 aliphatic carbocycles. The maximum absolute atomic E-state index is 13.4. The van der Waals surface area contributed by atoms with Gasteiger partial charge in [0.05, 0.1) is 6.42 Å². The summed E-state index contributed by atoms with van der Waals surface area (Å²) in [6.07, 6.45) is 5.38. The highest BCUT2D eigenvalue weighted by atomic mass is 19.1. The number of rotatable bonds is 6. The van der Waals surface area contributed by atoms with Gasteiger partial charge in [-0.1, -0.05) is 24.6 Å². The molecule has 0 aromatic heterocycles. The molecule has 2 rings (SSSR count). The van der Waals surface area contributed by atoms with Crippen molar-refractivity contribution < 1.29 is 19.1 Å². The molecule has 0 radical (unpaired) electrons. The number of amides is 1. The smallest absolute Gasteiger partial charge is 0.303 e. The average Bonchev–Trinajstić information content (AvgIpc) is 2.40. The van der Waals surface area contributed by atoms with Gasteiger partial charge in [0.1, 0.15) is 5.82 Å². The molecule has 1 fully saturated rings. The van der Waals surface area contributed by atoms with E-state index in [2.05, 4.69) is 5.32 Å². The molecule has 1 aliphatic rings. The van der Waals surface area contributed by atoms with Crippen molar-refractivity contribution in [3.05, 3.63) is 41.7 Å². The molecule has 2 N–H and O–H groups in total. The number of aliphatic carboxylic acids is 1. The normalized spacial score (nSPS) is 16.4. The van der Waals surface area contributed by atoms with Crippen molar-refractivity contribution in [2.75, 3.05) is 6.54 Å². The van der Waals surface area contributed by atoms with Gasteiger partial charge < -0.3 is 10.4 Å². The van der Waals surface area contributed by atoms with Crippen LogP contribution in [0.2, 0.25) is 0 Å². The van der Waals surface area contributed by atoms with Crippen molar-refractivity contribution in [1.82, 2.24) is 5.32 Å². The maximum atomic E-state index is 13.4. The monoisotopic (exact) mass is 291 g/mol. The van der Waals surface area contributed by atoms with Gasteiger partial charge in [0.2, 0.25) is 5.91 Å². The molecule has 0 unspecified atom stereocenters. The van der Waals surface area contributed by atoms with Gasteiger partial charge in [0.15, 0.2) is 0 Å². The van der Waals surface area contributed by atoms with Crippen LogP contribution in [0.4, 0.5) is 4.39 Å². The summed E-state index contributed by atoms with van der Waals surface area (Å²) in [5, 5.41) is 11.6. The van der Waals surface area contributed by atoms with E-state index in [0.29, 0.717) is 12.1 Å². The number of carbonyl (C=O) groups excluding carboxylic acids is 1. The fraction of sp³-hybridized carbons (Fsp3) is 0.375. The zero-order valence-corrected chi connectivity index (χ0v) is 11.6. The van der Waals surface area contributed by atoms with E-state index in [4.69, 9.17) is 5.11 Å². The van der Waals surface area contributed by atoms with Crippen molar-refractivity contribution in [3.8, 4) is 0 Å². The van der Waals surface area contributed by atoms with Gasteiger partial charge in [-0.25, -0.2) is 4.39 Å². The fourth-order valence-electron chi connectivity index (χ4n) is 2.52. The Bertz CT molecular complexity index is 564. The highest BCUT2D eigenvalue weighted by Crippen LogP contribution is 2.43. The summed E-state index contributed by atoms with van der Waals surface area (Å²) in [4.78, 5) is 22.6. The lowest BCUT2D eigenvalue weighted by molar-refractivity contribution is -0.141. The predicted molar refractivity (Wildman–Crippen MR) is 77.0 cm³/mol. The largest absolute Gasteiger partial charge is 0.481 e. The van der Waals surface area contributed by atoms with Crippen LogP contribution < -0.4 is 5.32 Å². The van der Waals surface area contributed by atoms with Crippen LogP contribution in [-0.4, -0.2) is 23.5 Å². The molecule has 0 bridgehead atoms. The summed E-state index contributed by atoms with van der Waals surface area (Å²) in [5.41, 5.74) is 0.0318. The third-order valence-corrected chi connectivity index (χ3v) is 3.90. The van der Waals surface area contributed by atoms with Crippen molar-refractivity contribution in [3.63, 3.8) is 0 Å². The van der Waals surface area contributed by atoms with Crippen molar-refractivity contribution >= 4 is 18.0 Å². The molecule has 0 aliphatic heterocycles. The minimum Gasteiger partial charge on any atom is -0.481 e. The molecule has 0 spiro atoms. The van der Waals surface area contributed by atoms with Gasteiger partial charge in [0.25, 0.3) is 0 Å². The van der Waals surface area contributed by atoms with Crippen LogP contribution in [0, 0.1) is 11.2 Å². The molecular formula is C16H18FNO3. The van der Waals surface area contributed by atoms with E-state index in [1.165, 1.54) is 18.2 Å². The highest BCUT2D eigenvalue weighted by molar-refractivity contribution is 5.91. The lowest BCUT2D eigenvalue weighted by Crippen LogP contribution is -2.43. The number of hydrogen-bond donors (Lipinski definition) is 2. The number of hydrogen-bond acceptors (Lipinski definition) is 2. The second-order valence-electron chi connectivity index (χ2n) is 5.50. The number of carboxylic acids is 1. The summed E-state index contributed by atoms with van der Waals surface area (Å²) in [6.45, 7) is 0.347. The quantitative estimate of drug-likeness (QED) is 0.792. The zero-order valence-electron chi connectivity index (χ0n) is 11.6. The maximum Gasteiger partial charge on any atom is 0.303 e. The minimum absolute atomic E-state index is 0.0737. The van der Waals surface area contributed by atoms with Gasteiger partial charge in [-0.2, -0.15) is 0 Å². The lowest BCUT2D eigenvalue weighted by atomic mass is 9.66. The molecule has 1 saturated carbocycles. The van der Waals surface area contributed by atoms with Gasteiger partial charge in [-0.3, -0.25) is 9.59 Å². The van der Waals surface area contributed by atoms with E-state index >= 15 is 0 Å². The Morgan fingerprint density at radius 3 is 2.62 bits per heavy atom. The average molecular weight is 291 g/mol. The van der Waals surface area contributed by atoms with Crippen LogP contribution in [0.25, 0.3) is 6.08 Å². The number of halogens is 1. The number of carboxylic acid groups (broad SMARTS) is 1. The first-order valence-corrected chi connectivity index (χ1v) is 6.93. The summed E-state index contributed by atoms with van der Waals surface area (Å²) in [6, 6.07) is 6.18. The summed E-state index contributed by atoms with van der Waals surface area (Å²) in [7, 11) is 0. The van der Waals surface area contributed by atoms with Crippen LogP contribution in [0.1, 0.15) is 31.2 Å². The summed E-state index contributed by atoms with van der Waals surface area (Å²) in [5.74, 6) is -1.57. The minimum atomic E-state index is -0.842. The first kappa shape index (κ1) is 15.2. The van der Waals surface area contributed by atoms with Crippen molar-refractivity contribution in [2.24, 2.45) is 5.41 Å². The van der Waals surface area contributed by atoms with Crippen molar-refractivity contribution in [2.45, 2.75) is 25.7 Å². The molecule has 1 aromatic rings. The highest BCUT2D eigenvalue weighted by Gasteiger charge is 2.38. The summed E-state index contributed by atoms with van der Waals surface area (Å²) < 4.78 is 13.4. The van der Waals surface area contributed by atoms with Gasteiger partial charge in [-0.05, 0) is 30.4 Å². The molecular weight excluding hydrogens is 273 g/mol. The lowest BCUT2D eigenvalue weighted by Gasteiger charge is -2.40. The second kappa shape index (κ2) is 6.52. The van der Waals surface area contributed by atoms with Crippen LogP contribution in [-0.2, 0) is 9.59 Å². The molecule has 5 heteroatoms. The molecule has 0 heterocycles. The van der Waals surface area contributed by atoms with E-state index in [1.54, 1.807) is 18.2 Å². The Kier molecular flexibility index (Phi) is 4.73. The standard InChI is InChI=1S/C16H18FNO3/c17-13-5-2-1-4-12(13)6-7-14(19)18-11-16(8-3-9-16)10-15(20)21/h1-2,4-7H,3,8-11H2,(H,18,19)(H,20,21)/b7-6+. The predicted octanol–water partition coefficient (Wildman–Crippen LogP) is 2.60. The van der Waals surface area contributed by atoms with Gasteiger partial charge >= 0.3 is 5.97 Å². The zero-order chi connectivity index (χ0) is 15.3. The van der Waals surface area contributed by atoms with Crippen molar-refractivity contribution in [1.29, 1.82) is 0 Å². The molecule has 112 valence electrons. The van der Waals surface area contributed by atoms with Gasteiger partial charge in [-0.15, -0.1) is 0 Å². The Balaban J connectivity index is 1.87. The van der Waals surface area contributed by atoms with E-state index < -0.39 is 5.97 Å². The number of carbonyl (C=O) groups is 2. The number of nitrogens with one attached hydrogen (secondary N) is 1. The molecule has 4 nitrogen and oxygen atoms in total. The second-order valence-corrected chi connectivity index (χ2v) is 5.50. The van der Waals surface area contributed by atoms with E-state index in [9.17, 15) is 14.0 Å². The van der Waals surface area contributed by atoms with Crippen LogP contribution >= 0.6 is 0 Å². The Morgan fingerprint density at radius 2 is 2.05 bits per heavy atom. The van der Waals surface area contributed by atoms with Crippen LogP contribution in [0.5, 0.6) is 0 Å². The third-order valence-electron chi connectivity index (χ3n) is 3.90. The van der Waals surface area contributed by atoms with E-state index in [0.717, 1.165) is 19.3 Å². The molecule has 21 heavy (non-hydrogen) atoms. The molecule has 0 atom stereocenters. The van der Waals surface area contributed by atoms with E-state index in [-0.39, 0.29) is 23.6 Å². The Hall–Kier alpha value is -2.17.